The Morgan fingerprint density at radius 1 is 0.957 bits per heavy atom. The molecule has 0 aromatic heterocycles. The Balaban J connectivity index is -0.0000000923. The van der Waals surface area contributed by atoms with Crippen LogP contribution >= 0.6 is 0 Å². The van der Waals surface area contributed by atoms with Gasteiger partial charge in [-0.05, 0) is 0 Å². The van der Waals surface area contributed by atoms with Gasteiger partial charge in [-0.2, -0.15) is 0 Å². The van der Waals surface area contributed by atoms with E-state index >= 15 is 0 Å². The maximum atomic E-state index is 9.70. The zero-order valence-corrected chi connectivity index (χ0v) is 13.3. The van der Waals surface area contributed by atoms with Gasteiger partial charge >= 0.3 is 142 Å². The number of aliphatic hydroxyl groups is 1. The first-order valence-corrected chi connectivity index (χ1v) is 5.69. The Labute approximate surface area is 142 Å². The third kappa shape index (κ3) is 25.5. The van der Waals surface area contributed by atoms with E-state index in [1.165, 1.54) is 0 Å². The minimum atomic E-state index is -0.489. The molecule has 0 aliphatic heterocycles. The molecular weight excluding hydrogens is 344 g/mol. The predicted octanol–water partition coefficient (Wildman–Crippen LogP) is 1.25. The van der Waals surface area contributed by atoms with E-state index in [1.807, 2.05) is 30.3 Å². The average molecular weight is 356 g/mol. The standard InChI is InChI=1S/C10H12O2.5CO.Cr/c1-12-8-7-10(11)9-5-3-2-4-6-9;5*1-2;/h2-6,10-11H,7H2,1H3;;;;;;. The molecule has 1 aromatic carbocycles. The van der Waals surface area contributed by atoms with Gasteiger partial charge in [0.2, 0.25) is 0 Å². The van der Waals surface area contributed by atoms with Crippen LogP contribution in [-0.2, 0) is 43.8 Å². The quantitative estimate of drug-likeness (QED) is 0.643. The summed E-state index contributed by atoms with van der Waals surface area (Å²) in [6, 6.07) is 9.53. The Kier molecular flexibility index (Phi) is 53.0. The van der Waals surface area contributed by atoms with Crippen LogP contribution in [0.1, 0.15) is 18.1 Å². The van der Waals surface area contributed by atoms with Crippen molar-refractivity contribution in [2.75, 3.05) is 7.11 Å². The molecule has 0 aliphatic carbocycles. The van der Waals surface area contributed by atoms with Gasteiger partial charge in [0, 0.05) is 0 Å². The molecule has 0 aliphatic rings. The molecule has 7 nitrogen and oxygen atoms in total. The molecule has 0 heterocycles. The first kappa shape index (κ1) is 33.0. The molecule has 0 amide bonds. The third-order valence-electron chi connectivity index (χ3n) is 1.77. The van der Waals surface area contributed by atoms with E-state index in [1.54, 1.807) is 7.11 Å². The van der Waals surface area contributed by atoms with Crippen molar-refractivity contribution in [3.63, 3.8) is 0 Å². The zero-order chi connectivity index (χ0) is 19.7. The monoisotopic (exact) mass is 356 g/mol. The third-order valence-corrected chi connectivity index (χ3v) is 2.29. The first-order valence-electron chi connectivity index (χ1n) is 5.06. The summed E-state index contributed by atoms with van der Waals surface area (Å²) in [5, 5.41) is 9.70. The number of benzene rings is 1. The molecule has 1 rings (SSSR count). The molecule has 23 heavy (non-hydrogen) atoms. The molecule has 1 N–H and O–H groups in total. The summed E-state index contributed by atoms with van der Waals surface area (Å²) < 4.78 is 43.2. The van der Waals surface area contributed by atoms with E-state index in [0.717, 1.165) is 10.1 Å². The minimum absolute atomic E-state index is 0.489. The molecule has 1 aromatic rings. The van der Waals surface area contributed by atoms with Crippen LogP contribution in [0.25, 0.3) is 0 Å². The predicted molar refractivity (Wildman–Crippen MR) is 67.7 cm³/mol. The number of aliphatic hydroxyl groups excluding tert-OH is 1. The fourth-order valence-electron chi connectivity index (χ4n) is 1.03. The molecule has 1 unspecified atom stereocenters. The van der Waals surface area contributed by atoms with E-state index in [2.05, 4.69) is 49.1 Å². The second kappa shape index (κ2) is 37.0. The molecule has 0 saturated heterocycles. The van der Waals surface area contributed by atoms with Crippen LogP contribution in [0.4, 0.5) is 0 Å². The van der Waals surface area contributed by atoms with Gasteiger partial charge in [-0.3, -0.25) is 0 Å². The van der Waals surface area contributed by atoms with Gasteiger partial charge < -0.3 is 0 Å². The number of methoxy groups -OCH3 is 1. The topological polar surface area (TPSA) is 129 Å². The van der Waals surface area contributed by atoms with Crippen molar-refractivity contribution in [3.05, 3.63) is 69.1 Å². The number of rotatable bonds is 4. The number of hydrogen-bond acceptors (Lipinski definition) is 2. The normalized spacial score (nSPS) is 7.48. The van der Waals surface area contributed by atoms with Crippen molar-refractivity contribution in [2.24, 2.45) is 0 Å². The van der Waals surface area contributed by atoms with Gasteiger partial charge in [-0.1, -0.05) is 0 Å². The Hall–Kier alpha value is -1.76. The molecule has 8 heteroatoms. The summed E-state index contributed by atoms with van der Waals surface area (Å²) in [5.41, 5.74) is 0.910. The molecule has 0 bridgehead atoms. The van der Waals surface area contributed by atoms with E-state index in [4.69, 9.17) is 28.0 Å². The Bertz CT molecular complexity index is 425. The van der Waals surface area contributed by atoms with Crippen LogP contribution in [0.2, 0.25) is 0 Å². The molecule has 0 radical (unpaired) electrons. The SMILES string of the molecule is CO[C](=[Cr])CC(O)c1ccccc1.[C-]#[O+].[C-]#[O+].[C-]#[O+].[C-]#[O+].[C-]#[O+]. The second-order valence-electron chi connectivity index (χ2n) is 2.71. The molecule has 0 saturated carbocycles. The molecule has 0 spiro atoms. The zero-order valence-electron chi connectivity index (χ0n) is 12.0. The van der Waals surface area contributed by atoms with Gasteiger partial charge in [0.15, 0.2) is 0 Å². The van der Waals surface area contributed by atoms with Crippen molar-refractivity contribution in [1.82, 2.24) is 0 Å². The first-order chi connectivity index (χ1) is 11.2. The van der Waals surface area contributed by atoms with Crippen LogP contribution in [0.3, 0.4) is 0 Å². The average Bonchev–Trinajstić information content (AvgIpc) is 2.70. The summed E-state index contributed by atoms with van der Waals surface area (Å²) in [4.78, 5) is 0. The van der Waals surface area contributed by atoms with Gasteiger partial charge in [0.1, 0.15) is 0 Å². The van der Waals surface area contributed by atoms with Gasteiger partial charge in [0.25, 0.3) is 0 Å². The summed E-state index contributed by atoms with van der Waals surface area (Å²) in [5.74, 6) is 0. The molecular formula is C15H12CrO7. The van der Waals surface area contributed by atoms with Crippen LogP contribution in [0, 0.1) is 33.3 Å². The van der Waals surface area contributed by atoms with Crippen LogP contribution in [-0.4, -0.2) is 16.8 Å². The van der Waals surface area contributed by atoms with E-state index < -0.39 is 6.10 Å². The van der Waals surface area contributed by atoms with E-state index in [0.29, 0.717) is 6.42 Å². The number of hydrogen-bond donors (Lipinski definition) is 1. The van der Waals surface area contributed by atoms with Crippen LogP contribution in [0.15, 0.2) is 30.3 Å². The molecule has 0 fully saturated rings. The van der Waals surface area contributed by atoms with Gasteiger partial charge in [-0.15, -0.1) is 0 Å². The van der Waals surface area contributed by atoms with Gasteiger partial charge in [0.05, 0.1) is 0 Å². The molecule has 1 atom stereocenters. The fraction of sp³-hybridized carbons (Fsp3) is 0.200. The van der Waals surface area contributed by atoms with Crippen LogP contribution in [0.5, 0.6) is 0 Å². The summed E-state index contributed by atoms with van der Waals surface area (Å²) in [7, 11) is 1.59. The second-order valence-corrected chi connectivity index (χ2v) is 3.42. The Morgan fingerprint density at radius 2 is 1.30 bits per heavy atom. The Morgan fingerprint density at radius 3 is 1.61 bits per heavy atom. The summed E-state index contributed by atoms with van der Waals surface area (Å²) in [6.07, 6.45) is 0.0120. The maximum absolute atomic E-state index is 9.70. The van der Waals surface area contributed by atoms with Crippen molar-refractivity contribution in [1.29, 1.82) is 0 Å². The summed E-state index contributed by atoms with van der Waals surface area (Å²) >= 11 is 2.76. The van der Waals surface area contributed by atoms with Crippen molar-refractivity contribution in [3.8, 4) is 0 Å². The molecule has 120 valence electrons. The van der Waals surface area contributed by atoms with Crippen molar-refractivity contribution >= 4 is 4.57 Å². The summed E-state index contributed by atoms with van der Waals surface area (Å²) in [6.45, 7) is 22.5. The van der Waals surface area contributed by atoms with Crippen LogP contribution < -0.4 is 0 Å². The fourth-order valence-corrected chi connectivity index (χ4v) is 1.28. The number of ether oxygens (including phenoxy) is 1. The van der Waals surface area contributed by atoms with E-state index in [9.17, 15) is 5.11 Å². The van der Waals surface area contributed by atoms with Crippen molar-refractivity contribution in [2.45, 2.75) is 12.5 Å². The van der Waals surface area contributed by atoms with Crippen molar-refractivity contribution < 1.29 is 49.0 Å². The van der Waals surface area contributed by atoms with Gasteiger partial charge in [-0.25, -0.2) is 0 Å². The van der Waals surface area contributed by atoms with E-state index in [-0.39, 0.29) is 0 Å².